The van der Waals surface area contributed by atoms with Crippen LogP contribution in [0.3, 0.4) is 0 Å². The summed E-state index contributed by atoms with van der Waals surface area (Å²) in [6.45, 7) is 1.95. The standard InChI is InChI=1S/C48H40N4O8/c1-26-13-17-29(18-14-26)50-52-45(55)35-25-34-32(42(41-38(58-2)23-31(53)24-39(41)59-3)48(35,47(52)57)28-9-5-4-6-10-28)21-22-33-40(34)46(56)51(44(33)54)30-19-15-27(16-20-30)43-49-36-11-7-8-12-37(36)60-43/h4-21,23-24,33-35,40,42,50,53H,22,25H2,1-3H3. The molecule has 0 radical (unpaired) electrons. The van der Waals surface area contributed by atoms with Crippen LogP contribution < -0.4 is 19.8 Å². The van der Waals surface area contributed by atoms with Crippen molar-refractivity contribution in [3.63, 3.8) is 0 Å². The van der Waals surface area contributed by atoms with Gasteiger partial charge in [-0.3, -0.25) is 29.5 Å². The third-order valence-electron chi connectivity index (χ3n) is 12.9. The van der Waals surface area contributed by atoms with Gasteiger partial charge >= 0.3 is 0 Å². The number of aryl methyl sites for hydroxylation is 1. The first-order chi connectivity index (χ1) is 29.1. The predicted octanol–water partition coefficient (Wildman–Crippen LogP) is 7.72. The number of methoxy groups -OCH3 is 2. The number of para-hydroxylation sites is 2. The molecule has 2 saturated heterocycles. The lowest BCUT2D eigenvalue weighted by Crippen LogP contribution is -2.53. The van der Waals surface area contributed by atoms with Gasteiger partial charge in [0.15, 0.2) is 5.58 Å². The number of anilines is 2. The highest BCUT2D eigenvalue weighted by molar-refractivity contribution is 6.22. The zero-order chi connectivity index (χ0) is 41.4. The van der Waals surface area contributed by atoms with Gasteiger partial charge in [0.1, 0.15) is 22.8 Å². The maximum Gasteiger partial charge on any atom is 0.260 e. The molecule has 2 N–H and O–H groups in total. The summed E-state index contributed by atoms with van der Waals surface area (Å²) in [7, 11) is 2.94. The van der Waals surface area contributed by atoms with Crippen LogP contribution in [0.5, 0.6) is 17.2 Å². The molecule has 3 fully saturated rings. The fraction of sp³-hybridized carbons (Fsp3) is 0.229. The van der Waals surface area contributed by atoms with E-state index in [-0.39, 0.29) is 41.9 Å². The van der Waals surface area contributed by atoms with Gasteiger partial charge in [0.05, 0.1) is 48.8 Å². The number of rotatable bonds is 8. The molecule has 6 aromatic rings. The van der Waals surface area contributed by atoms with E-state index < -0.39 is 46.8 Å². The molecule has 6 unspecified atom stereocenters. The number of nitrogens with one attached hydrogen (secondary N) is 1. The lowest BCUT2D eigenvalue weighted by Gasteiger charge is -2.51. The first-order valence-electron chi connectivity index (χ1n) is 19.9. The van der Waals surface area contributed by atoms with Crippen molar-refractivity contribution in [2.45, 2.75) is 31.1 Å². The van der Waals surface area contributed by atoms with Crippen LogP contribution in [0.15, 0.2) is 131 Å². The molecule has 0 spiro atoms. The SMILES string of the molecule is COc1cc(O)cc(OC)c1C1C2=CCC3C(=O)N(c4ccc(-c5nc6ccccc6o5)cc4)C(=O)C3C2CC2C(=O)N(Nc3ccc(C)cc3)C(=O)C21c1ccccc1. The van der Waals surface area contributed by atoms with Crippen molar-refractivity contribution in [1.82, 2.24) is 9.99 Å². The molecular formula is C48H40N4O8. The van der Waals surface area contributed by atoms with Crippen LogP contribution in [-0.4, -0.2) is 52.9 Å². The third kappa shape index (κ3) is 5.39. The molecule has 10 rings (SSSR count). The summed E-state index contributed by atoms with van der Waals surface area (Å²) >= 11 is 0. The van der Waals surface area contributed by atoms with Crippen LogP contribution >= 0.6 is 0 Å². The van der Waals surface area contributed by atoms with Crippen molar-refractivity contribution in [3.8, 4) is 28.7 Å². The minimum absolute atomic E-state index is 0.112. The van der Waals surface area contributed by atoms with Crippen LogP contribution in [0.4, 0.5) is 11.4 Å². The number of aromatic hydroxyl groups is 1. The highest BCUT2D eigenvalue weighted by atomic mass is 16.5. The average molecular weight is 801 g/mol. The zero-order valence-electron chi connectivity index (χ0n) is 33.0. The Morgan fingerprint density at radius 3 is 2.17 bits per heavy atom. The number of hydrogen-bond acceptors (Lipinski definition) is 10. The number of allylic oxidation sites excluding steroid dienone is 2. The highest BCUT2D eigenvalue weighted by Crippen LogP contribution is 2.66. The van der Waals surface area contributed by atoms with Crippen molar-refractivity contribution < 1.29 is 38.2 Å². The Bertz CT molecular complexity index is 2700. The van der Waals surface area contributed by atoms with E-state index in [9.17, 15) is 14.7 Å². The molecular weight excluding hydrogens is 761 g/mol. The summed E-state index contributed by atoms with van der Waals surface area (Å²) in [6, 6.07) is 34.0. The van der Waals surface area contributed by atoms with Crippen molar-refractivity contribution in [2.75, 3.05) is 24.5 Å². The van der Waals surface area contributed by atoms with Crippen molar-refractivity contribution in [3.05, 3.63) is 144 Å². The smallest absolute Gasteiger partial charge is 0.260 e. The molecule has 2 aliphatic heterocycles. The number of hydrogen-bond donors (Lipinski definition) is 2. The van der Waals surface area contributed by atoms with Crippen LogP contribution in [0.2, 0.25) is 0 Å². The van der Waals surface area contributed by atoms with Gasteiger partial charge in [-0.05, 0) is 79.8 Å². The number of amides is 4. The second-order valence-corrected chi connectivity index (χ2v) is 15.9. The zero-order valence-corrected chi connectivity index (χ0v) is 33.0. The van der Waals surface area contributed by atoms with E-state index in [2.05, 4.69) is 10.4 Å². The Morgan fingerprint density at radius 1 is 0.800 bits per heavy atom. The van der Waals surface area contributed by atoms with Gasteiger partial charge in [0.25, 0.3) is 11.8 Å². The number of hydrazine groups is 1. The highest BCUT2D eigenvalue weighted by Gasteiger charge is 2.71. The van der Waals surface area contributed by atoms with E-state index in [1.165, 1.54) is 31.3 Å². The molecule has 6 atom stereocenters. The number of nitrogens with zero attached hydrogens (tertiary/aromatic N) is 3. The van der Waals surface area contributed by atoms with Gasteiger partial charge in [0.2, 0.25) is 17.7 Å². The number of fused-ring (bicyclic) bond motifs is 5. The molecule has 4 aliphatic rings. The van der Waals surface area contributed by atoms with Crippen molar-refractivity contribution in [1.29, 1.82) is 0 Å². The molecule has 12 nitrogen and oxygen atoms in total. The molecule has 4 amide bonds. The van der Waals surface area contributed by atoms with Gasteiger partial charge in [-0.2, -0.15) is 5.01 Å². The fourth-order valence-electron chi connectivity index (χ4n) is 10.3. The predicted molar refractivity (Wildman–Crippen MR) is 222 cm³/mol. The summed E-state index contributed by atoms with van der Waals surface area (Å²) in [5.74, 6) is -4.95. The number of phenolic OH excluding ortho intramolecular Hbond substituents is 1. The Kier molecular flexibility index (Phi) is 8.64. The lowest BCUT2D eigenvalue weighted by molar-refractivity contribution is -0.138. The van der Waals surface area contributed by atoms with Gasteiger partial charge in [-0.1, -0.05) is 71.8 Å². The number of aromatic nitrogens is 1. The van der Waals surface area contributed by atoms with Gasteiger partial charge < -0.3 is 19.0 Å². The number of oxazole rings is 1. The molecule has 60 heavy (non-hydrogen) atoms. The molecule has 0 bridgehead atoms. The van der Waals surface area contributed by atoms with Gasteiger partial charge in [-0.25, -0.2) is 4.98 Å². The lowest BCUT2D eigenvalue weighted by atomic mass is 9.49. The molecule has 12 heteroatoms. The summed E-state index contributed by atoms with van der Waals surface area (Å²) in [4.78, 5) is 65.9. The number of ether oxygens (including phenoxy) is 2. The number of benzene rings is 5. The summed E-state index contributed by atoms with van der Waals surface area (Å²) in [5, 5.41) is 11.9. The van der Waals surface area contributed by atoms with Gasteiger partial charge in [0, 0.05) is 29.2 Å². The van der Waals surface area contributed by atoms with E-state index >= 15 is 9.59 Å². The van der Waals surface area contributed by atoms with E-state index in [1.807, 2.05) is 79.7 Å². The molecule has 2 aliphatic carbocycles. The maximum atomic E-state index is 15.6. The average Bonchev–Trinajstić information content (AvgIpc) is 3.89. The van der Waals surface area contributed by atoms with Crippen LogP contribution in [0.1, 0.15) is 35.4 Å². The normalized spacial score (nSPS) is 24.6. The van der Waals surface area contributed by atoms with E-state index in [1.54, 1.807) is 36.4 Å². The van der Waals surface area contributed by atoms with Crippen molar-refractivity contribution in [2.24, 2.45) is 23.7 Å². The van der Waals surface area contributed by atoms with E-state index in [4.69, 9.17) is 13.9 Å². The topological polar surface area (TPSA) is 152 Å². The molecule has 3 heterocycles. The third-order valence-corrected chi connectivity index (χ3v) is 12.9. The van der Waals surface area contributed by atoms with Gasteiger partial charge in [-0.15, -0.1) is 0 Å². The molecule has 1 saturated carbocycles. The fourth-order valence-corrected chi connectivity index (χ4v) is 10.3. The second-order valence-electron chi connectivity index (χ2n) is 15.9. The molecule has 1 aromatic heterocycles. The minimum Gasteiger partial charge on any atom is -0.508 e. The summed E-state index contributed by atoms with van der Waals surface area (Å²) < 4.78 is 17.9. The molecule has 5 aromatic carbocycles. The Labute approximate surface area is 345 Å². The Balaban J connectivity index is 1.11. The van der Waals surface area contributed by atoms with E-state index in [0.717, 1.165) is 21.7 Å². The largest absolute Gasteiger partial charge is 0.508 e. The monoisotopic (exact) mass is 800 g/mol. The summed E-state index contributed by atoms with van der Waals surface area (Å²) in [5.41, 5.74) is 7.36. The quantitative estimate of drug-likeness (QED) is 0.116. The maximum absolute atomic E-state index is 15.6. The van der Waals surface area contributed by atoms with Crippen molar-refractivity contribution >= 4 is 46.1 Å². The summed E-state index contributed by atoms with van der Waals surface area (Å²) in [6.07, 6.45) is 2.31. The number of carbonyl (C=O) groups excluding carboxylic acids is 4. The van der Waals surface area contributed by atoms with E-state index in [0.29, 0.717) is 39.5 Å². The second kappa shape index (κ2) is 14.0. The first kappa shape index (κ1) is 37.1. The van der Waals surface area contributed by atoms with Crippen LogP contribution in [0, 0.1) is 30.6 Å². The Hall–Kier alpha value is -7.21. The Morgan fingerprint density at radius 2 is 1.48 bits per heavy atom. The number of phenols is 1. The minimum atomic E-state index is -1.56. The van der Waals surface area contributed by atoms with Crippen LogP contribution in [-0.2, 0) is 24.6 Å². The van der Waals surface area contributed by atoms with Crippen LogP contribution in [0.25, 0.3) is 22.6 Å². The number of carbonyl (C=O) groups is 4. The molecule has 300 valence electrons. The first-order valence-corrected chi connectivity index (χ1v) is 19.9. The number of imide groups is 2.